The third-order valence-electron chi connectivity index (χ3n) is 3.62. The first-order valence-corrected chi connectivity index (χ1v) is 8.34. The van der Waals surface area contributed by atoms with Gasteiger partial charge in [-0.25, -0.2) is 4.79 Å². The predicted molar refractivity (Wildman–Crippen MR) is 91.4 cm³/mol. The quantitative estimate of drug-likeness (QED) is 0.654. The number of ether oxygens (including phenoxy) is 1. The van der Waals surface area contributed by atoms with Gasteiger partial charge in [-0.15, -0.1) is 11.3 Å². The van der Waals surface area contributed by atoms with Gasteiger partial charge >= 0.3 is 6.09 Å². The Kier molecular flexibility index (Phi) is 4.54. The normalized spacial score (nSPS) is 17.3. The molecule has 1 saturated heterocycles. The molecule has 2 heterocycles. The average molecular weight is 351 g/mol. The number of thiophene rings is 1. The lowest BCUT2D eigenvalue weighted by atomic mass is 10.1. The van der Waals surface area contributed by atoms with E-state index in [4.69, 9.17) is 22.1 Å². The molecule has 0 saturated carbocycles. The summed E-state index contributed by atoms with van der Waals surface area (Å²) < 4.78 is 5.92. The van der Waals surface area contributed by atoms with Crippen molar-refractivity contribution in [2.45, 2.75) is 18.9 Å². The van der Waals surface area contributed by atoms with Crippen LogP contribution in [0.1, 0.15) is 22.5 Å². The predicted octanol–water partition coefficient (Wildman–Crippen LogP) is 3.97. The van der Waals surface area contributed by atoms with Gasteiger partial charge in [0.1, 0.15) is 6.10 Å². The van der Waals surface area contributed by atoms with Gasteiger partial charge in [0.15, 0.2) is 5.78 Å². The first kappa shape index (κ1) is 15.8. The Morgan fingerprint density at radius 1 is 1.30 bits per heavy atom. The van der Waals surface area contributed by atoms with Gasteiger partial charge in [-0.2, -0.15) is 0 Å². The van der Waals surface area contributed by atoms with E-state index in [9.17, 15) is 9.59 Å². The fourth-order valence-electron chi connectivity index (χ4n) is 2.42. The number of Topliss-reactive ketones (excluding diaryl/α,β-unsaturated/α-hetero) is 1. The highest BCUT2D eigenvalue weighted by Crippen LogP contribution is 2.26. The summed E-state index contributed by atoms with van der Waals surface area (Å²) in [5.41, 5.74) is 7.02. The molecule has 1 aliphatic rings. The average Bonchev–Trinajstić information content (AvgIpc) is 3.12. The number of amides is 1. The number of nitrogens with zero attached hydrogens (tertiary/aromatic N) is 1. The fourth-order valence-corrected chi connectivity index (χ4v) is 3.43. The maximum Gasteiger partial charge on any atom is 0.414 e. The molecule has 2 N–H and O–H groups in total. The summed E-state index contributed by atoms with van der Waals surface area (Å²) in [5, 5.41) is 0. The summed E-state index contributed by atoms with van der Waals surface area (Å²) in [6.45, 7) is 0.432. The van der Waals surface area contributed by atoms with Crippen molar-refractivity contribution in [1.29, 1.82) is 0 Å². The molecule has 0 unspecified atom stereocenters. The number of cyclic esters (lactones) is 1. The van der Waals surface area contributed by atoms with Crippen LogP contribution in [-0.2, 0) is 4.74 Å². The van der Waals surface area contributed by atoms with Crippen LogP contribution in [0.15, 0.2) is 36.4 Å². The Labute approximate surface area is 142 Å². The molecule has 0 aliphatic carbocycles. The Balaban J connectivity index is 1.57. The first-order chi connectivity index (χ1) is 11.0. The second kappa shape index (κ2) is 6.60. The van der Waals surface area contributed by atoms with E-state index < -0.39 is 6.09 Å². The molecule has 1 aromatic heterocycles. The molecule has 1 atom stereocenters. The topological polar surface area (TPSA) is 72.6 Å². The number of hydrogen-bond acceptors (Lipinski definition) is 5. The van der Waals surface area contributed by atoms with Crippen LogP contribution < -0.4 is 10.6 Å². The minimum Gasteiger partial charge on any atom is -0.444 e. The van der Waals surface area contributed by atoms with Gasteiger partial charge in [0.2, 0.25) is 0 Å². The molecule has 5 nitrogen and oxygen atoms in total. The molecule has 2 aromatic rings. The number of rotatable bonds is 5. The van der Waals surface area contributed by atoms with Crippen LogP contribution in [0, 0.1) is 0 Å². The van der Waals surface area contributed by atoms with E-state index in [0.29, 0.717) is 34.3 Å². The summed E-state index contributed by atoms with van der Waals surface area (Å²) in [6, 6.07) is 10.4. The highest BCUT2D eigenvalue weighted by molar-refractivity contribution is 7.18. The first-order valence-electron chi connectivity index (χ1n) is 7.15. The summed E-state index contributed by atoms with van der Waals surface area (Å²) in [7, 11) is 0. The zero-order valence-electron chi connectivity index (χ0n) is 12.2. The van der Waals surface area contributed by atoms with Crippen molar-refractivity contribution in [3.63, 3.8) is 0 Å². The highest BCUT2D eigenvalue weighted by Gasteiger charge is 2.32. The molecular weight excluding hydrogens is 336 g/mol. The fraction of sp³-hybridized carbons (Fsp3) is 0.250. The Bertz CT molecular complexity index is 729. The summed E-state index contributed by atoms with van der Waals surface area (Å²) >= 11 is 7.09. The zero-order valence-corrected chi connectivity index (χ0v) is 13.8. The van der Waals surface area contributed by atoms with Crippen molar-refractivity contribution in [2.24, 2.45) is 0 Å². The van der Waals surface area contributed by atoms with Gasteiger partial charge in [0.05, 0.1) is 15.8 Å². The largest absolute Gasteiger partial charge is 0.444 e. The molecule has 3 rings (SSSR count). The molecule has 7 heteroatoms. The molecule has 23 heavy (non-hydrogen) atoms. The zero-order chi connectivity index (χ0) is 16.4. The van der Waals surface area contributed by atoms with Gasteiger partial charge in [0, 0.05) is 17.8 Å². The molecule has 120 valence electrons. The Morgan fingerprint density at radius 3 is 2.70 bits per heavy atom. The van der Waals surface area contributed by atoms with Crippen LogP contribution in [0.2, 0.25) is 4.34 Å². The molecule has 0 radical (unpaired) electrons. The lowest BCUT2D eigenvalue weighted by molar-refractivity contribution is 0.0943. The number of halogens is 1. The number of carbonyl (C=O) groups excluding carboxylic acids is 2. The summed E-state index contributed by atoms with van der Waals surface area (Å²) in [6.07, 6.45) is 0.126. The SMILES string of the molecule is Nc1ccc(N2C[C@H](CCC(=O)c3ccc(Cl)s3)OC2=O)cc1. The number of carbonyl (C=O) groups is 2. The van der Waals surface area contributed by atoms with Crippen LogP contribution in [0.3, 0.4) is 0 Å². The van der Waals surface area contributed by atoms with Crippen LogP contribution >= 0.6 is 22.9 Å². The van der Waals surface area contributed by atoms with Crippen LogP contribution in [0.4, 0.5) is 16.2 Å². The standard InChI is InChI=1S/C16H15ClN2O3S/c17-15-8-7-14(23-15)13(20)6-5-12-9-19(16(21)22-12)11-3-1-10(18)2-4-11/h1-4,7-8,12H,5-6,9,18H2/t12-/m0/s1. The van der Waals surface area contributed by atoms with Gasteiger partial charge in [-0.3, -0.25) is 9.69 Å². The number of hydrogen-bond donors (Lipinski definition) is 1. The maximum absolute atomic E-state index is 12.1. The van der Waals surface area contributed by atoms with Gasteiger partial charge < -0.3 is 10.5 Å². The van der Waals surface area contributed by atoms with E-state index in [0.717, 1.165) is 5.69 Å². The number of ketones is 1. The van der Waals surface area contributed by atoms with E-state index in [1.807, 2.05) is 0 Å². The maximum atomic E-state index is 12.1. The van der Waals surface area contributed by atoms with Crippen molar-refractivity contribution in [2.75, 3.05) is 17.2 Å². The van der Waals surface area contributed by atoms with Crippen molar-refractivity contribution < 1.29 is 14.3 Å². The van der Waals surface area contributed by atoms with Crippen molar-refractivity contribution in [3.8, 4) is 0 Å². The number of benzene rings is 1. The second-order valence-corrected chi connectivity index (χ2v) is 6.99. The van der Waals surface area contributed by atoms with Crippen LogP contribution in [0.5, 0.6) is 0 Å². The number of anilines is 2. The molecule has 1 amide bonds. The van der Waals surface area contributed by atoms with E-state index >= 15 is 0 Å². The third-order valence-corrected chi connectivity index (χ3v) is 4.89. The van der Waals surface area contributed by atoms with Crippen molar-refractivity contribution >= 4 is 46.2 Å². The molecule has 0 spiro atoms. The van der Waals surface area contributed by atoms with E-state index in [-0.39, 0.29) is 11.9 Å². The van der Waals surface area contributed by atoms with Gasteiger partial charge in [-0.05, 0) is 42.8 Å². The lowest BCUT2D eigenvalue weighted by Gasteiger charge is -2.12. The van der Waals surface area contributed by atoms with Gasteiger partial charge in [0.25, 0.3) is 0 Å². The Hall–Kier alpha value is -2.05. The number of nitrogen functional groups attached to an aromatic ring is 1. The van der Waals surface area contributed by atoms with Crippen molar-refractivity contribution in [1.82, 2.24) is 0 Å². The summed E-state index contributed by atoms with van der Waals surface area (Å²) in [4.78, 5) is 26.2. The Morgan fingerprint density at radius 2 is 2.04 bits per heavy atom. The monoisotopic (exact) mass is 350 g/mol. The molecule has 1 fully saturated rings. The van der Waals surface area contributed by atoms with Crippen molar-refractivity contribution in [3.05, 3.63) is 45.6 Å². The van der Waals surface area contributed by atoms with Crippen LogP contribution in [0.25, 0.3) is 0 Å². The van der Waals surface area contributed by atoms with Gasteiger partial charge in [-0.1, -0.05) is 11.6 Å². The highest BCUT2D eigenvalue weighted by atomic mass is 35.5. The second-order valence-electron chi connectivity index (χ2n) is 5.27. The molecule has 0 bridgehead atoms. The summed E-state index contributed by atoms with van der Waals surface area (Å²) in [5.74, 6) is 0.0175. The van der Waals surface area contributed by atoms with E-state index in [1.165, 1.54) is 11.3 Å². The molecular formula is C16H15ClN2O3S. The van der Waals surface area contributed by atoms with E-state index in [1.54, 1.807) is 41.3 Å². The van der Waals surface area contributed by atoms with Crippen LogP contribution in [-0.4, -0.2) is 24.5 Å². The third kappa shape index (κ3) is 3.65. The lowest BCUT2D eigenvalue weighted by Crippen LogP contribution is -2.24. The smallest absolute Gasteiger partial charge is 0.414 e. The molecule has 1 aromatic carbocycles. The molecule has 1 aliphatic heterocycles. The minimum atomic E-state index is -0.397. The number of nitrogens with two attached hydrogens (primary N) is 1. The minimum absolute atomic E-state index is 0.0175. The van der Waals surface area contributed by atoms with E-state index in [2.05, 4.69) is 0 Å².